The number of nitrogens with zero attached hydrogens (tertiary/aromatic N) is 1. The van der Waals surface area contributed by atoms with Crippen molar-refractivity contribution in [3.05, 3.63) is 47.5 Å². The van der Waals surface area contributed by atoms with Crippen LogP contribution >= 0.6 is 0 Å². The summed E-state index contributed by atoms with van der Waals surface area (Å²) < 4.78 is 16.4. The SMILES string of the molecule is C/C=C(\C)NCC1=COc2cc(OCCCOC)ccc2C=N1. The fourth-order valence-corrected chi connectivity index (χ4v) is 1.94. The molecule has 0 spiro atoms. The third-order valence-corrected chi connectivity index (χ3v) is 3.42. The van der Waals surface area contributed by atoms with Gasteiger partial charge in [-0.1, -0.05) is 6.08 Å². The zero-order chi connectivity index (χ0) is 16.5. The number of benzene rings is 1. The monoisotopic (exact) mass is 316 g/mol. The molecule has 1 N–H and O–H groups in total. The molecule has 1 aromatic rings. The Bertz CT molecular complexity index is 606. The first-order valence-corrected chi connectivity index (χ1v) is 7.75. The van der Waals surface area contributed by atoms with Crippen molar-refractivity contribution < 1.29 is 14.2 Å². The number of allylic oxidation sites excluding steroid dienone is 2. The van der Waals surface area contributed by atoms with E-state index in [-0.39, 0.29) is 0 Å². The van der Waals surface area contributed by atoms with Crippen LogP contribution in [0.2, 0.25) is 0 Å². The van der Waals surface area contributed by atoms with Gasteiger partial charge in [-0.25, -0.2) is 0 Å². The molecule has 1 aliphatic rings. The molecule has 0 saturated carbocycles. The van der Waals surface area contributed by atoms with E-state index in [1.807, 2.05) is 44.3 Å². The Kier molecular flexibility index (Phi) is 6.69. The number of hydrogen-bond donors (Lipinski definition) is 1. The lowest BCUT2D eigenvalue weighted by atomic mass is 10.2. The van der Waals surface area contributed by atoms with E-state index in [0.29, 0.717) is 19.8 Å². The zero-order valence-corrected chi connectivity index (χ0v) is 14.0. The van der Waals surface area contributed by atoms with Gasteiger partial charge in [0.1, 0.15) is 17.8 Å². The minimum absolute atomic E-state index is 0.619. The summed E-state index contributed by atoms with van der Waals surface area (Å²) in [5.41, 5.74) is 2.88. The highest BCUT2D eigenvalue weighted by Gasteiger charge is 2.08. The third-order valence-electron chi connectivity index (χ3n) is 3.42. The topological polar surface area (TPSA) is 52.1 Å². The van der Waals surface area contributed by atoms with Crippen molar-refractivity contribution >= 4 is 6.21 Å². The van der Waals surface area contributed by atoms with Crippen molar-refractivity contribution in [1.82, 2.24) is 5.32 Å². The number of hydrogen-bond acceptors (Lipinski definition) is 5. The van der Waals surface area contributed by atoms with Crippen LogP contribution in [-0.4, -0.2) is 33.1 Å². The van der Waals surface area contributed by atoms with E-state index in [4.69, 9.17) is 14.2 Å². The highest BCUT2D eigenvalue weighted by molar-refractivity contribution is 5.85. The summed E-state index contributed by atoms with van der Waals surface area (Å²) in [6, 6.07) is 5.76. The molecule has 5 heteroatoms. The average molecular weight is 316 g/mol. The van der Waals surface area contributed by atoms with E-state index >= 15 is 0 Å². The summed E-state index contributed by atoms with van der Waals surface area (Å²) in [4.78, 5) is 4.45. The molecule has 0 unspecified atom stereocenters. The molecule has 5 nitrogen and oxygen atoms in total. The number of ether oxygens (including phenoxy) is 3. The first-order valence-electron chi connectivity index (χ1n) is 7.75. The quantitative estimate of drug-likeness (QED) is 0.748. The largest absolute Gasteiger partial charge is 0.493 e. The van der Waals surface area contributed by atoms with Crippen LogP contribution < -0.4 is 14.8 Å². The Hall–Kier alpha value is -2.27. The molecule has 0 bridgehead atoms. The Morgan fingerprint density at radius 2 is 2.22 bits per heavy atom. The van der Waals surface area contributed by atoms with Gasteiger partial charge in [-0.3, -0.25) is 4.99 Å². The van der Waals surface area contributed by atoms with Gasteiger partial charge >= 0.3 is 0 Å². The van der Waals surface area contributed by atoms with E-state index in [9.17, 15) is 0 Å². The fourth-order valence-electron chi connectivity index (χ4n) is 1.94. The summed E-state index contributed by atoms with van der Waals surface area (Å²) in [7, 11) is 1.69. The lowest BCUT2D eigenvalue weighted by molar-refractivity contribution is 0.172. The van der Waals surface area contributed by atoms with Crippen molar-refractivity contribution in [3.63, 3.8) is 0 Å². The highest BCUT2D eigenvalue weighted by Crippen LogP contribution is 2.26. The molecule has 1 aliphatic heterocycles. The van der Waals surface area contributed by atoms with Gasteiger partial charge in [-0.15, -0.1) is 0 Å². The van der Waals surface area contributed by atoms with Crippen LogP contribution in [0.15, 0.2) is 46.9 Å². The summed E-state index contributed by atoms with van der Waals surface area (Å²) in [5.74, 6) is 1.53. The molecule has 0 atom stereocenters. The molecule has 124 valence electrons. The first kappa shape index (κ1) is 17.1. The number of aliphatic imine (C=N–C) groups is 1. The molecular weight excluding hydrogens is 292 g/mol. The third kappa shape index (κ3) is 5.45. The van der Waals surface area contributed by atoms with Gasteiger partial charge in [0, 0.05) is 43.7 Å². The van der Waals surface area contributed by atoms with Crippen molar-refractivity contribution in [1.29, 1.82) is 0 Å². The van der Waals surface area contributed by atoms with Gasteiger partial charge in [-0.05, 0) is 26.0 Å². The van der Waals surface area contributed by atoms with Gasteiger partial charge in [0.2, 0.25) is 0 Å². The fraction of sp³-hybridized carbons (Fsp3) is 0.389. The molecule has 0 amide bonds. The molecule has 0 aromatic heterocycles. The molecule has 23 heavy (non-hydrogen) atoms. The number of methoxy groups -OCH3 is 1. The lowest BCUT2D eigenvalue weighted by Gasteiger charge is -2.09. The van der Waals surface area contributed by atoms with Crippen LogP contribution in [0.5, 0.6) is 11.5 Å². The van der Waals surface area contributed by atoms with Gasteiger partial charge < -0.3 is 19.5 Å². The van der Waals surface area contributed by atoms with Crippen LogP contribution in [0.1, 0.15) is 25.8 Å². The summed E-state index contributed by atoms with van der Waals surface area (Å²) in [6.07, 6.45) is 6.36. The molecule has 0 saturated heterocycles. The van der Waals surface area contributed by atoms with Crippen molar-refractivity contribution in [2.75, 3.05) is 26.9 Å². The van der Waals surface area contributed by atoms with Gasteiger partial charge in [0.15, 0.2) is 0 Å². The second-order valence-corrected chi connectivity index (χ2v) is 5.20. The van der Waals surface area contributed by atoms with Crippen LogP contribution in [0.25, 0.3) is 0 Å². The van der Waals surface area contributed by atoms with Crippen molar-refractivity contribution in [2.24, 2.45) is 4.99 Å². The summed E-state index contributed by atoms with van der Waals surface area (Å²) in [5, 5.41) is 3.27. The molecular formula is C18H24N2O3. The van der Waals surface area contributed by atoms with E-state index in [2.05, 4.69) is 10.3 Å². The summed E-state index contributed by atoms with van der Waals surface area (Å²) in [6.45, 7) is 5.95. The maximum Gasteiger partial charge on any atom is 0.139 e. The lowest BCUT2D eigenvalue weighted by Crippen LogP contribution is -2.14. The smallest absolute Gasteiger partial charge is 0.139 e. The minimum Gasteiger partial charge on any atom is -0.493 e. The Labute approximate surface area is 137 Å². The molecule has 0 aliphatic carbocycles. The highest BCUT2D eigenvalue weighted by atomic mass is 16.5. The summed E-state index contributed by atoms with van der Waals surface area (Å²) >= 11 is 0. The maximum atomic E-state index is 5.74. The predicted molar refractivity (Wildman–Crippen MR) is 92.2 cm³/mol. The first-order chi connectivity index (χ1) is 11.2. The zero-order valence-electron chi connectivity index (χ0n) is 14.0. The van der Waals surface area contributed by atoms with E-state index in [0.717, 1.165) is 34.9 Å². The van der Waals surface area contributed by atoms with Crippen LogP contribution in [0, 0.1) is 0 Å². The molecule has 2 rings (SSSR count). The van der Waals surface area contributed by atoms with Gasteiger partial charge in [0.25, 0.3) is 0 Å². The van der Waals surface area contributed by atoms with Gasteiger partial charge in [0.05, 0.1) is 18.8 Å². The second kappa shape index (κ2) is 9.00. The molecule has 1 aromatic carbocycles. The minimum atomic E-state index is 0.619. The van der Waals surface area contributed by atoms with E-state index in [1.165, 1.54) is 0 Å². The predicted octanol–water partition coefficient (Wildman–Crippen LogP) is 3.27. The van der Waals surface area contributed by atoms with Crippen molar-refractivity contribution in [3.8, 4) is 11.5 Å². The Morgan fingerprint density at radius 3 is 3.00 bits per heavy atom. The second-order valence-electron chi connectivity index (χ2n) is 5.20. The maximum absolute atomic E-state index is 5.74. The number of nitrogens with one attached hydrogen (secondary N) is 1. The normalized spacial score (nSPS) is 13.7. The molecule has 1 heterocycles. The number of fused-ring (bicyclic) bond motifs is 1. The molecule has 0 fully saturated rings. The van der Waals surface area contributed by atoms with Crippen LogP contribution in [0.3, 0.4) is 0 Å². The van der Waals surface area contributed by atoms with E-state index in [1.54, 1.807) is 13.4 Å². The Balaban J connectivity index is 1.97. The van der Waals surface area contributed by atoms with Crippen LogP contribution in [-0.2, 0) is 4.74 Å². The van der Waals surface area contributed by atoms with Gasteiger partial charge in [-0.2, -0.15) is 0 Å². The standard InChI is InChI=1S/C18H24N2O3/c1-4-14(2)19-12-16-13-23-18-10-17(22-9-5-8-21-3)7-6-15(18)11-20-16/h4,6-7,10-11,13,19H,5,8-9,12H2,1-3H3/b14-4+. The molecule has 0 radical (unpaired) electrons. The van der Waals surface area contributed by atoms with E-state index < -0.39 is 0 Å². The van der Waals surface area contributed by atoms with Crippen molar-refractivity contribution in [2.45, 2.75) is 20.3 Å². The average Bonchev–Trinajstić information content (AvgIpc) is 2.78. The Morgan fingerprint density at radius 1 is 1.35 bits per heavy atom. The van der Waals surface area contributed by atoms with Crippen LogP contribution in [0.4, 0.5) is 0 Å². The number of rotatable bonds is 8.